The van der Waals surface area contributed by atoms with Gasteiger partial charge in [-0.25, -0.2) is 12.8 Å². The smallest absolute Gasteiger partial charge is 0.379 e. The zero-order valence-electron chi connectivity index (χ0n) is 17.4. The second-order valence-corrected chi connectivity index (χ2v) is 9.20. The fraction of sp³-hybridized carbons (Fsp3) is 0.381. The molecule has 0 spiro atoms. The number of amides is 1. The summed E-state index contributed by atoms with van der Waals surface area (Å²) < 4.78 is 87.1. The third-order valence-electron chi connectivity index (χ3n) is 4.80. The van der Waals surface area contributed by atoms with Gasteiger partial charge < -0.3 is 14.8 Å². The van der Waals surface area contributed by atoms with Crippen LogP contribution in [0.15, 0.2) is 47.4 Å². The highest BCUT2D eigenvalue weighted by molar-refractivity contribution is 7.89. The minimum atomic E-state index is -4.40. The van der Waals surface area contributed by atoms with Crippen LogP contribution in [0.3, 0.4) is 0 Å². The largest absolute Gasteiger partial charge is 0.411 e. The van der Waals surface area contributed by atoms with Crippen molar-refractivity contribution in [1.29, 1.82) is 0 Å². The van der Waals surface area contributed by atoms with E-state index in [0.29, 0.717) is 11.1 Å². The van der Waals surface area contributed by atoms with Gasteiger partial charge in [-0.15, -0.1) is 0 Å². The lowest BCUT2D eigenvalue weighted by molar-refractivity contribution is -0.176. The molecule has 1 heterocycles. The van der Waals surface area contributed by atoms with Gasteiger partial charge in [0.15, 0.2) is 0 Å². The van der Waals surface area contributed by atoms with Crippen LogP contribution in [0.4, 0.5) is 17.6 Å². The number of nitrogens with one attached hydrogen (secondary N) is 1. The van der Waals surface area contributed by atoms with Crippen LogP contribution in [-0.2, 0) is 32.6 Å². The molecule has 2 aromatic carbocycles. The Balaban J connectivity index is 1.62. The van der Waals surface area contributed by atoms with E-state index in [9.17, 15) is 30.8 Å². The molecule has 0 aromatic heterocycles. The molecule has 1 N–H and O–H groups in total. The summed E-state index contributed by atoms with van der Waals surface area (Å²) in [6, 6.07) is 9.30. The number of benzene rings is 2. The number of hydrogen-bond acceptors (Lipinski definition) is 5. The molecule has 12 heteroatoms. The average Bonchev–Trinajstić information content (AvgIpc) is 2.78. The van der Waals surface area contributed by atoms with Crippen LogP contribution < -0.4 is 5.32 Å². The van der Waals surface area contributed by atoms with E-state index in [4.69, 9.17) is 4.74 Å². The Kier molecular flexibility index (Phi) is 8.05. The highest BCUT2D eigenvalue weighted by Gasteiger charge is 2.28. The zero-order chi connectivity index (χ0) is 24.1. The first-order valence-electron chi connectivity index (χ1n) is 9.94. The Morgan fingerprint density at radius 1 is 1.06 bits per heavy atom. The zero-order valence-corrected chi connectivity index (χ0v) is 18.2. The quantitative estimate of drug-likeness (QED) is 0.576. The topological polar surface area (TPSA) is 84.9 Å². The number of nitrogens with zero attached hydrogens (tertiary/aromatic N) is 1. The molecule has 3 rings (SSSR count). The summed E-state index contributed by atoms with van der Waals surface area (Å²) in [7, 11) is -3.90. The molecule has 7 nitrogen and oxygen atoms in total. The van der Waals surface area contributed by atoms with Gasteiger partial charge >= 0.3 is 6.18 Å². The molecule has 0 aliphatic carbocycles. The van der Waals surface area contributed by atoms with Crippen molar-refractivity contribution in [1.82, 2.24) is 9.62 Å². The average molecular weight is 490 g/mol. The van der Waals surface area contributed by atoms with Crippen LogP contribution in [0.2, 0.25) is 0 Å². The van der Waals surface area contributed by atoms with E-state index < -0.39 is 40.1 Å². The number of hydrogen-bond donors (Lipinski definition) is 1. The Morgan fingerprint density at radius 2 is 1.70 bits per heavy atom. The summed E-state index contributed by atoms with van der Waals surface area (Å²) in [6.07, 6.45) is -4.40. The number of halogens is 4. The number of morpholine rings is 1. The third kappa shape index (κ3) is 6.97. The normalized spacial score (nSPS) is 15.4. The molecule has 0 saturated carbocycles. The van der Waals surface area contributed by atoms with Crippen molar-refractivity contribution in [2.24, 2.45) is 0 Å². The van der Waals surface area contributed by atoms with Crippen LogP contribution in [0.5, 0.6) is 0 Å². The Bertz CT molecular complexity index is 1070. The van der Waals surface area contributed by atoms with Crippen LogP contribution in [-0.4, -0.2) is 57.7 Å². The van der Waals surface area contributed by atoms with Gasteiger partial charge in [0.05, 0.1) is 30.3 Å². The molecule has 2 aromatic rings. The molecule has 33 heavy (non-hydrogen) atoms. The SMILES string of the molecule is O=C(NCc1ccc(COCC(F)(F)F)cc1)c1cc(S(=O)(=O)N2CCOCC2)ccc1F. The van der Waals surface area contributed by atoms with Crippen molar-refractivity contribution in [2.75, 3.05) is 32.9 Å². The molecule has 0 atom stereocenters. The van der Waals surface area contributed by atoms with Crippen LogP contribution in [0.1, 0.15) is 21.5 Å². The van der Waals surface area contributed by atoms with E-state index in [-0.39, 0.29) is 44.4 Å². The summed E-state index contributed by atoms with van der Waals surface area (Å²) in [5, 5.41) is 2.51. The first-order valence-corrected chi connectivity index (χ1v) is 11.4. The lowest BCUT2D eigenvalue weighted by Crippen LogP contribution is -2.40. The first kappa shape index (κ1) is 25.1. The minimum absolute atomic E-state index is 0.00238. The van der Waals surface area contributed by atoms with Gasteiger partial charge in [0.2, 0.25) is 10.0 Å². The van der Waals surface area contributed by atoms with Gasteiger partial charge in [-0.1, -0.05) is 24.3 Å². The van der Waals surface area contributed by atoms with Crippen molar-refractivity contribution in [3.05, 3.63) is 65.0 Å². The lowest BCUT2D eigenvalue weighted by Gasteiger charge is -2.26. The number of carbonyl (C=O) groups is 1. The maximum absolute atomic E-state index is 14.2. The Hall–Kier alpha value is -2.54. The molecule has 0 unspecified atom stereocenters. The first-order chi connectivity index (χ1) is 15.6. The van der Waals surface area contributed by atoms with Crippen molar-refractivity contribution >= 4 is 15.9 Å². The molecule has 1 aliphatic rings. The summed E-state index contributed by atoms with van der Waals surface area (Å²) in [6.45, 7) is -0.736. The van der Waals surface area contributed by atoms with Crippen molar-refractivity contribution < 1.29 is 40.2 Å². The standard InChI is InChI=1S/C21H22F4N2O5S/c22-19-6-5-17(33(29,30)27-7-9-31-10-8-27)11-18(19)20(28)26-12-15-1-3-16(4-2-15)13-32-14-21(23,24)25/h1-6,11H,7-10,12-14H2,(H,26,28). The second kappa shape index (κ2) is 10.6. The maximum atomic E-state index is 14.2. The number of carbonyl (C=O) groups excluding carboxylic acids is 1. The Labute approximate surface area is 188 Å². The van der Waals surface area contributed by atoms with E-state index in [1.165, 1.54) is 4.31 Å². The Morgan fingerprint density at radius 3 is 2.33 bits per heavy atom. The van der Waals surface area contributed by atoms with Crippen LogP contribution >= 0.6 is 0 Å². The number of alkyl halides is 3. The van der Waals surface area contributed by atoms with E-state index in [2.05, 4.69) is 10.1 Å². The summed E-state index contributed by atoms with van der Waals surface area (Å²) in [5.74, 6) is -1.67. The van der Waals surface area contributed by atoms with Gasteiger partial charge in [0.1, 0.15) is 12.4 Å². The molecular weight excluding hydrogens is 468 g/mol. The van der Waals surface area contributed by atoms with E-state index >= 15 is 0 Å². The van der Waals surface area contributed by atoms with Gasteiger partial charge in [-0.3, -0.25) is 4.79 Å². The fourth-order valence-electron chi connectivity index (χ4n) is 3.09. The van der Waals surface area contributed by atoms with Gasteiger partial charge in [-0.2, -0.15) is 17.5 Å². The molecule has 1 amide bonds. The van der Waals surface area contributed by atoms with Gasteiger partial charge in [0, 0.05) is 19.6 Å². The number of ether oxygens (including phenoxy) is 2. The summed E-state index contributed by atoms with van der Waals surface area (Å²) in [4.78, 5) is 12.3. The molecule has 1 aliphatic heterocycles. The monoisotopic (exact) mass is 490 g/mol. The second-order valence-electron chi connectivity index (χ2n) is 7.27. The van der Waals surface area contributed by atoms with Gasteiger partial charge in [-0.05, 0) is 29.3 Å². The van der Waals surface area contributed by atoms with Crippen molar-refractivity contribution in [3.8, 4) is 0 Å². The van der Waals surface area contributed by atoms with E-state index in [1.807, 2.05) is 0 Å². The molecule has 1 fully saturated rings. The van der Waals surface area contributed by atoms with Crippen molar-refractivity contribution in [3.63, 3.8) is 0 Å². The predicted octanol–water partition coefficient (Wildman–Crippen LogP) is 2.86. The predicted molar refractivity (Wildman–Crippen MR) is 109 cm³/mol. The fourth-order valence-corrected chi connectivity index (χ4v) is 4.53. The van der Waals surface area contributed by atoms with E-state index in [0.717, 1.165) is 18.2 Å². The number of sulfonamides is 1. The summed E-state index contributed by atoms with van der Waals surface area (Å²) in [5.41, 5.74) is 0.711. The molecule has 0 bridgehead atoms. The molecule has 0 radical (unpaired) electrons. The highest BCUT2D eigenvalue weighted by Crippen LogP contribution is 2.21. The van der Waals surface area contributed by atoms with Gasteiger partial charge in [0.25, 0.3) is 5.91 Å². The molecular formula is C21H22F4N2O5S. The molecule has 1 saturated heterocycles. The maximum Gasteiger partial charge on any atom is 0.411 e. The summed E-state index contributed by atoms with van der Waals surface area (Å²) >= 11 is 0. The van der Waals surface area contributed by atoms with Crippen LogP contribution in [0, 0.1) is 5.82 Å². The van der Waals surface area contributed by atoms with Crippen LogP contribution in [0.25, 0.3) is 0 Å². The van der Waals surface area contributed by atoms with Crippen molar-refractivity contribution in [2.45, 2.75) is 24.2 Å². The van der Waals surface area contributed by atoms with E-state index in [1.54, 1.807) is 24.3 Å². The molecule has 180 valence electrons. The minimum Gasteiger partial charge on any atom is -0.379 e. The highest BCUT2D eigenvalue weighted by atomic mass is 32.2. The third-order valence-corrected chi connectivity index (χ3v) is 6.70. The number of rotatable bonds is 8. The lowest BCUT2D eigenvalue weighted by atomic mass is 10.1.